The van der Waals surface area contributed by atoms with Gasteiger partial charge in [-0.05, 0) is 66.1 Å². The first-order chi connectivity index (χ1) is 8.13. The van der Waals surface area contributed by atoms with Gasteiger partial charge < -0.3 is 15.0 Å². The first-order valence-corrected chi connectivity index (χ1v) is 7.10. The lowest BCUT2D eigenvalue weighted by atomic mass is 9.93. The minimum Gasteiger partial charge on any atom is -0.381 e. The largest absolute Gasteiger partial charge is 0.381 e. The van der Waals surface area contributed by atoms with Gasteiger partial charge in [0, 0.05) is 19.2 Å². The fraction of sp³-hybridized carbons (Fsp3) is 1.00. The fourth-order valence-corrected chi connectivity index (χ4v) is 2.44. The lowest BCUT2D eigenvalue weighted by Crippen LogP contribution is -2.38. The Hall–Kier alpha value is -0.120. The molecule has 0 aromatic rings. The summed E-state index contributed by atoms with van der Waals surface area (Å²) >= 11 is 0. The smallest absolute Gasteiger partial charge is 0.0586 e. The van der Waals surface area contributed by atoms with Gasteiger partial charge in [-0.3, -0.25) is 0 Å². The standard InChI is InChI=1S/C14H30N2O/c1-12(2)16(3)10-6-9-15-13-7-5-8-14(11-13)17-4/h12-15H,5-11H2,1-4H3. The van der Waals surface area contributed by atoms with Gasteiger partial charge in [-0.25, -0.2) is 0 Å². The Morgan fingerprint density at radius 1 is 1.35 bits per heavy atom. The maximum atomic E-state index is 5.45. The van der Waals surface area contributed by atoms with Gasteiger partial charge in [-0.1, -0.05) is 0 Å². The summed E-state index contributed by atoms with van der Waals surface area (Å²) < 4.78 is 5.45. The van der Waals surface area contributed by atoms with E-state index < -0.39 is 0 Å². The molecule has 1 N–H and O–H groups in total. The normalized spacial score (nSPS) is 25.8. The molecular formula is C14H30N2O. The molecule has 1 saturated carbocycles. The molecule has 1 rings (SSSR count). The van der Waals surface area contributed by atoms with Crippen molar-refractivity contribution in [2.24, 2.45) is 0 Å². The van der Waals surface area contributed by atoms with Crippen molar-refractivity contribution in [1.29, 1.82) is 0 Å². The van der Waals surface area contributed by atoms with Gasteiger partial charge in [-0.2, -0.15) is 0 Å². The topological polar surface area (TPSA) is 24.5 Å². The van der Waals surface area contributed by atoms with E-state index >= 15 is 0 Å². The third-order valence-corrected chi connectivity index (χ3v) is 3.96. The zero-order valence-electron chi connectivity index (χ0n) is 12.0. The molecule has 0 radical (unpaired) electrons. The molecule has 0 bridgehead atoms. The SMILES string of the molecule is COC1CCCC(NCCCN(C)C(C)C)C1. The first kappa shape index (κ1) is 14.9. The number of methoxy groups -OCH3 is 1. The second-order valence-electron chi connectivity index (χ2n) is 5.60. The third kappa shape index (κ3) is 5.84. The summed E-state index contributed by atoms with van der Waals surface area (Å²) in [7, 11) is 4.04. The lowest BCUT2D eigenvalue weighted by Gasteiger charge is -2.29. The monoisotopic (exact) mass is 242 g/mol. The Morgan fingerprint density at radius 2 is 2.12 bits per heavy atom. The van der Waals surface area contributed by atoms with Gasteiger partial charge in [-0.15, -0.1) is 0 Å². The minimum absolute atomic E-state index is 0.486. The van der Waals surface area contributed by atoms with Crippen molar-refractivity contribution >= 4 is 0 Å². The van der Waals surface area contributed by atoms with Gasteiger partial charge in [0.25, 0.3) is 0 Å². The minimum atomic E-state index is 0.486. The maximum Gasteiger partial charge on any atom is 0.0586 e. The Morgan fingerprint density at radius 3 is 2.76 bits per heavy atom. The molecule has 0 aromatic heterocycles. The predicted octanol–water partition coefficient (Wildman–Crippen LogP) is 2.26. The highest BCUT2D eigenvalue weighted by molar-refractivity contribution is 4.78. The molecule has 1 fully saturated rings. The van der Waals surface area contributed by atoms with Crippen molar-refractivity contribution in [1.82, 2.24) is 10.2 Å². The second-order valence-corrected chi connectivity index (χ2v) is 5.60. The van der Waals surface area contributed by atoms with E-state index in [4.69, 9.17) is 4.74 Å². The summed E-state index contributed by atoms with van der Waals surface area (Å²) in [4.78, 5) is 2.40. The van der Waals surface area contributed by atoms with Crippen LogP contribution in [0.15, 0.2) is 0 Å². The highest BCUT2D eigenvalue weighted by atomic mass is 16.5. The lowest BCUT2D eigenvalue weighted by molar-refractivity contribution is 0.0588. The third-order valence-electron chi connectivity index (χ3n) is 3.96. The van der Waals surface area contributed by atoms with Crippen LogP contribution in [-0.2, 0) is 4.74 Å². The van der Waals surface area contributed by atoms with Gasteiger partial charge in [0.05, 0.1) is 6.10 Å². The highest BCUT2D eigenvalue weighted by Gasteiger charge is 2.20. The van der Waals surface area contributed by atoms with Crippen LogP contribution in [0.5, 0.6) is 0 Å². The molecule has 2 atom stereocenters. The van der Waals surface area contributed by atoms with Crippen LogP contribution in [0.2, 0.25) is 0 Å². The predicted molar refractivity (Wildman–Crippen MR) is 73.4 cm³/mol. The van der Waals surface area contributed by atoms with Crippen molar-refractivity contribution in [2.75, 3.05) is 27.2 Å². The maximum absolute atomic E-state index is 5.45. The first-order valence-electron chi connectivity index (χ1n) is 7.10. The van der Waals surface area contributed by atoms with E-state index in [2.05, 4.69) is 31.1 Å². The molecule has 17 heavy (non-hydrogen) atoms. The van der Waals surface area contributed by atoms with E-state index in [1.165, 1.54) is 38.6 Å². The van der Waals surface area contributed by atoms with Gasteiger partial charge in [0.15, 0.2) is 0 Å². The summed E-state index contributed by atoms with van der Waals surface area (Å²) in [5.41, 5.74) is 0. The number of ether oxygens (including phenoxy) is 1. The highest BCUT2D eigenvalue weighted by Crippen LogP contribution is 2.20. The van der Waals surface area contributed by atoms with Gasteiger partial charge >= 0.3 is 0 Å². The fourth-order valence-electron chi connectivity index (χ4n) is 2.44. The van der Waals surface area contributed by atoms with Crippen LogP contribution in [0.1, 0.15) is 46.0 Å². The van der Waals surface area contributed by atoms with E-state index in [0.29, 0.717) is 18.2 Å². The Bertz CT molecular complexity index is 197. The number of rotatable bonds is 7. The van der Waals surface area contributed by atoms with Crippen molar-refractivity contribution < 1.29 is 4.74 Å². The van der Waals surface area contributed by atoms with E-state index in [1.807, 2.05) is 7.11 Å². The van der Waals surface area contributed by atoms with Crippen LogP contribution >= 0.6 is 0 Å². The molecule has 2 unspecified atom stereocenters. The number of hydrogen-bond acceptors (Lipinski definition) is 3. The van der Waals surface area contributed by atoms with Crippen LogP contribution in [-0.4, -0.2) is 50.3 Å². The van der Waals surface area contributed by atoms with E-state index in [9.17, 15) is 0 Å². The molecule has 3 nitrogen and oxygen atoms in total. The van der Waals surface area contributed by atoms with Gasteiger partial charge in [0.1, 0.15) is 0 Å². The van der Waals surface area contributed by atoms with E-state index in [0.717, 1.165) is 6.54 Å². The summed E-state index contributed by atoms with van der Waals surface area (Å²) in [6.45, 7) is 6.82. The van der Waals surface area contributed by atoms with Crippen molar-refractivity contribution in [3.05, 3.63) is 0 Å². The van der Waals surface area contributed by atoms with E-state index in [-0.39, 0.29) is 0 Å². The van der Waals surface area contributed by atoms with Crippen LogP contribution in [0, 0.1) is 0 Å². The average molecular weight is 242 g/mol. The molecule has 1 aliphatic carbocycles. The quantitative estimate of drug-likeness (QED) is 0.693. The average Bonchev–Trinajstić information content (AvgIpc) is 2.34. The van der Waals surface area contributed by atoms with Gasteiger partial charge in [0.2, 0.25) is 0 Å². The molecule has 0 aliphatic heterocycles. The molecule has 0 aromatic carbocycles. The zero-order chi connectivity index (χ0) is 12.7. The molecule has 3 heteroatoms. The van der Waals surface area contributed by atoms with Crippen LogP contribution in [0.25, 0.3) is 0 Å². The van der Waals surface area contributed by atoms with Crippen LogP contribution in [0.3, 0.4) is 0 Å². The summed E-state index contributed by atoms with van der Waals surface area (Å²) in [6, 6.07) is 1.33. The molecular weight excluding hydrogens is 212 g/mol. The molecule has 0 spiro atoms. The Labute approximate surface area is 107 Å². The van der Waals surface area contributed by atoms with Crippen molar-refractivity contribution in [3.8, 4) is 0 Å². The van der Waals surface area contributed by atoms with Crippen LogP contribution in [0.4, 0.5) is 0 Å². The summed E-state index contributed by atoms with van der Waals surface area (Å²) in [5, 5.41) is 3.67. The molecule has 102 valence electrons. The van der Waals surface area contributed by atoms with Crippen molar-refractivity contribution in [3.63, 3.8) is 0 Å². The van der Waals surface area contributed by atoms with Crippen LogP contribution < -0.4 is 5.32 Å². The summed E-state index contributed by atoms with van der Waals surface area (Å²) in [6.07, 6.45) is 6.78. The van der Waals surface area contributed by atoms with Crippen molar-refractivity contribution in [2.45, 2.75) is 64.1 Å². The number of nitrogens with one attached hydrogen (secondary N) is 1. The number of nitrogens with zero attached hydrogens (tertiary/aromatic N) is 1. The Balaban J connectivity index is 2.06. The molecule has 0 saturated heterocycles. The zero-order valence-corrected chi connectivity index (χ0v) is 12.0. The Kier molecular flexibility index (Phi) is 7.09. The molecule has 0 amide bonds. The molecule has 0 heterocycles. The second kappa shape index (κ2) is 8.06. The van der Waals surface area contributed by atoms with E-state index in [1.54, 1.807) is 0 Å². The number of hydrogen-bond donors (Lipinski definition) is 1. The summed E-state index contributed by atoms with van der Waals surface area (Å²) in [5.74, 6) is 0. The molecule has 1 aliphatic rings.